The van der Waals surface area contributed by atoms with Crippen molar-refractivity contribution < 1.29 is 9.90 Å². The maximum atomic E-state index is 11.1. The van der Waals surface area contributed by atoms with Crippen LogP contribution in [0.25, 0.3) is 11.3 Å². The fourth-order valence-corrected chi connectivity index (χ4v) is 1.70. The van der Waals surface area contributed by atoms with Gasteiger partial charge in [0, 0.05) is 11.8 Å². The number of nitriles is 1. The molecule has 4 heteroatoms. The predicted molar refractivity (Wildman–Crippen MR) is 66.1 cm³/mol. The van der Waals surface area contributed by atoms with Crippen LogP contribution in [-0.2, 0) is 0 Å². The number of pyridine rings is 1. The molecule has 1 aromatic heterocycles. The Morgan fingerprint density at radius 3 is 2.83 bits per heavy atom. The lowest BCUT2D eigenvalue weighted by atomic mass is 10.0. The number of nitrogens with zero attached hydrogens (tertiary/aromatic N) is 2. The van der Waals surface area contributed by atoms with Crippen molar-refractivity contribution >= 4 is 5.97 Å². The summed E-state index contributed by atoms with van der Waals surface area (Å²) >= 11 is 0. The average Bonchev–Trinajstić information content (AvgIpc) is 2.39. The summed E-state index contributed by atoms with van der Waals surface area (Å²) in [7, 11) is 0. The van der Waals surface area contributed by atoms with Crippen molar-refractivity contribution in [2.45, 2.75) is 6.92 Å². The summed E-state index contributed by atoms with van der Waals surface area (Å²) in [5.74, 6) is -1.03. The number of hydrogen-bond donors (Lipinski definition) is 1. The molecule has 0 aliphatic carbocycles. The van der Waals surface area contributed by atoms with Gasteiger partial charge in [0.25, 0.3) is 0 Å². The van der Waals surface area contributed by atoms with E-state index >= 15 is 0 Å². The summed E-state index contributed by atoms with van der Waals surface area (Å²) < 4.78 is 0. The lowest BCUT2D eigenvalue weighted by Gasteiger charge is -2.06. The van der Waals surface area contributed by atoms with Gasteiger partial charge in [0.05, 0.1) is 22.9 Å². The van der Waals surface area contributed by atoms with E-state index < -0.39 is 5.97 Å². The zero-order chi connectivity index (χ0) is 13.1. The lowest BCUT2D eigenvalue weighted by molar-refractivity contribution is 0.0697. The number of carboxylic acid groups (broad SMARTS) is 1. The summed E-state index contributed by atoms with van der Waals surface area (Å²) in [6, 6.07) is 10.4. The Kier molecular flexibility index (Phi) is 3.07. The fourth-order valence-electron chi connectivity index (χ4n) is 1.70. The highest BCUT2D eigenvalue weighted by Crippen LogP contribution is 2.23. The molecule has 0 saturated heterocycles. The average molecular weight is 238 g/mol. The van der Waals surface area contributed by atoms with E-state index in [0.717, 1.165) is 5.56 Å². The smallest absolute Gasteiger partial charge is 0.337 e. The maximum absolute atomic E-state index is 11.1. The molecule has 0 spiro atoms. The normalized spacial score (nSPS) is 9.78. The molecule has 0 aliphatic rings. The van der Waals surface area contributed by atoms with Crippen molar-refractivity contribution in [2.24, 2.45) is 0 Å². The number of rotatable bonds is 2. The Bertz CT molecular complexity index is 657. The molecule has 4 nitrogen and oxygen atoms in total. The summed E-state index contributed by atoms with van der Waals surface area (Å²) in [6.45, 7) is 1.83. The molecule has 1 N–H and O–H groups in total. The molecular formula is C14H10N2O2. The lowest BCUT2D eigenvalue weighted by Crippen LogP contribution is -2.01. The van der Waals surface area contributed by atoms with Crippen LogP contribution in [0.5, 0.6) is 0 Å². The molecule has 0 bridgehead atoms. The van der Waals surface area contributed by atoms with Gasteiger partial charge in [-0.3, -0.25) is 4.98 Å². The molecule has 88 valence electrons. The second-order valence-corrected chi connectivity index (χ2v) is 3.85. The van der Waals surface area contributed by atoms with Gasteiger partial charge in [0.1, 0.15) is 0 Å². The van der Waals surface area contributed by atoms with Crippen LogP contribution in [0.2, 0.25) is 0 Å². The minimum Gasteiger partial charge on any atom is -0.478 e. The van der Waals surface area contributed by atoms with Crippen molar-refractivity contribution in [1.29, 1.82) is 5.26 Å². The van der Waals surface area contributed by atoms with E-state index in [-0.39, 0.29) is 5.56 Å². The molecule has 1 aromatic carbocycles. The summed E-state index contributed by atoms with van der Waals surface area (Å²) in [6.07, 6.45) is 1.54. The minimum absolute atomic E-state index is 0.130. The largest absolute Gasteiger partial charge is 0.478 e. The van der Waals surface area contributed by atoms with E-state index in [1.54, 1.807) is 24.3 Å². The van der Waals surface area contributed by atoms with Gasteiger partial charge in [0.15, 0.2) is 0 Å². The van der Waals surface area contributed by atoms with Gasteiger partial charge in [-0.2, -0.15) is 5.26 Å². The van der Waals surface area contributed by atoms with Crippen LogP contribution in [0.15, 0.2) is 36.5 Å². The Labute approximate surface area is 104 Å². The maximum Gasteiger partial charge on any atom is 0.337 e. The topological polar surface area (TPSA) is 74.0 Å². The molecule has 0 atom stereocenters. The number of carbonyl (C=O) groups is 1. The highest BCUT2D eigenvalue weighted by molar-refractivity contribution is 5.94. The summed E-state index contributed by atoms with van der Waals surface area (Å²) in [5.41, 5.74) is 2.52. The van der Waals surface area contributed by atoms with Gasteiger partial charge in [-0.05, 0) is 30.7 Å². The van der Waals surface area contributed by atoms with E-state index in [2.05, 4.69) is 11.1 Å². The first-order valence-electron chi connectivity index (χ1n) is 5.33. The third-order valence-electron chi connectivity index (χ3n) is 2.67. The van der Waals surface area contributed by atoms with Gasteiger partial charge >= 0.3 is 5.97 Å². The van der Waals surface area contributed by atoms with Gasteiger partial charge < -0.3 is 5.11 Å². The monoisotopic (exact) mass is 238 g/mol. The first-order chi connectivity index (χ1) is 8.63. The number of aryl methyl sites for hydroxylation is 1. The van der Waals surface area contributed by atoms with Crippen LogP contribution in [0.4, 0.5) is 0 Å². The molecule has 1 heterocycles. The van der Waals surface area contributed by atoms with Crippen LogP contribution >= 0.6 is 0 Å². The van der Waals surface area contributed by atoms with Gasteiger partial charge in [-0.15, -0.1) is 0 Å². The first kappa shape index (κ1) is 11.8. The summed E-state index contributed by atoms with van der Waals surface area (Å²) in [5, 5.41) is 18.1. The molecule has 0 fully saturated rings. The highest BCUT2D eigenvalue weighted by Gasteiger charge is 2.13. The predicted octanol–water partition coefficient (Wildman–Crippen LogP) is 2.63. The van der Waals surface area contributed by atoms with Gasteiger partial charge in [0.2, 0.25) is 0 Å². The summed E-state index contributed by atoms with van der Waals surface area (Å²) in [4.78, 5) is 15.2. The highest BCUT2D eigenvalue weighted by atomic mass is 16.4. The zero-order valence-electron chi connectivity index (χ0n) is 9.71. The van der Waals surface area contributed by atoms with Crippen LogP contribution in [0.1, 0.15) is 21.5 Å². The zero-order valence-corrected chi connectivity index (χ0v) is 9.71. The second-order valence-electron chi connectivity index (χ2n) is 3.85. The van der Waals surface area contributed by atoms with E-state index in [1.165, 1.54) is 12.3 Å². The van der Waals surface area contributed by atoms with Crippen LogP contribution in [0.3, 0.4) is 0 Å². The van der Waals surface area contributed by atoms with Crippen LogP contribution in [0, 0.1) is 18.3 Å². The second kappa shape index (κ2) is 4.68. The SMILES string of the molecule is Cc1ccc(-c2ncccc2C(=O)O)cc1C#N. The van der Waals surface area contributed by atoms with Crippen molar-refractivity contribution in [1.82, 2.24) is 4.98 Å². The van der Waals surface area contributed by atoms with Crippen LogP contribution < -0.4 is 0 Å². The number of benzene rings is 1. The Morgan fingerprint density at radius 2 is 2.17 bits per heavy atom. The quantitative estimate of drug-likeness (QED) is 0.872. The van der Waals surface area contributed by atoms with Crippen molar-refractivity contribution in [3.8, 4) is 17.3 Å². The molecule has 0 unspecified atom stereocenters. The van der Waals surface area contributed by atoms with Gasteiger partial charge in [-0.1, -0.05) is 12.1 Å². The van der Waals surface area contributed by atoms with E-state index in [1.807, 2.05) is 6.92 Å². The third-order valence-corrected chi connectivity index (χ3v) is 2.67. The van der Waals surface area contributed by atoms with Crippen molar-refractivity contribution in [3.63, 3.8) is 0 Å². The molecule has 0 saturated carbocycles. The van der Waals surface area contributed by atoms with Crippen molar-refractivity contribution in [2.75, 3.05) is 0 Å². The molecule has 0 aliphatic heterocycles. The molecule has 2 rings (SSSR count). The van der Waals surface area contributed by atoms with E-state index in [4.69, 9.17) is 10.4 Å². The van der Waals surface area contributed by atoms with Crippen molar-refractivity contribution in [3.05, 3.63) is 53.2 Å². The number of hydrogen-bond acceptors (Lipinski definition) is 3. The molecular weight excluding hydrogens is 228 g/mol. The standard InChI is InChI=1S/C14H10N2O2/c1-9-4-5-10(7-11(9)8-15)13-12(14(17)18)3-2-6-16-13/h2-7H,1H3,(H,17,18). The number of carboxylic acids is 1. The molecule has 0 radical (unpaired) electrons. The molecule has 2 aromatic rings. The fraction of sp³-hybridized carbons (Fsp3) is 0.0714. The number of aromatic carboxylic acids is 1. The van der Waals surface area contributed by atoms with E-state index in [0.29, 0.717) is 16.8 Å². The Hall–Kier alpha value is -2.67. The Balaban J connectivity index is 2.63. The molecule has 18 heavy (non-hydrogen) atoms. The molecule has 0 amide bonds. The van der Waals surface area contributed by atoms with E-state index in [9.17, 15) is 4.79 Å². The Morgan fingerprint density at radius 1 is 1.39 bits per heavy atom. The third kappa shape index (κ3) is 2.06. The number of aromatic nitrogens is 1. The minimum atomic E-state index is -1.03. The van der Waals surface area contributed by atoms with Gasteiger partial charge in [-0.25, -0.2) is 4.79 Å². The van der Waals surface area contributed by atoms with Crippen LogP contribution in [-0.4, -0.2) is 16.1 Å². The first-order valence-corrected chi connectivity index (χ1v) is 5.33.